The number of nitrogens with zero attached hydrogens (tertiary/aromatic N) is 1. The molecule has 2 rings (SSSR count). The molecule has 0 radical (unpaired) electrons. The van der Waals surface area contributed by atoms with E-state index < -0.39 is 19.9 Å². The molecular weight excluding hydrogens is 404 g/mol. The van der Waals surface area contributed by atoms with E-state index >= 15 is 0 Å². The monoisotopic (exact) mass is 424 g/mol. The molecule has 6 nitrogen and oxygen atoms in total. The summed E-state index contributed by atoms with van der Waals surface area (Å²) in [5, 5.41) is 0. The molecule has 1 fully saturated rings. The number of halogens is 1. The number of likely N-dealkylation sites (N-methyl/N-ethyl adjacent to an activating group) is 1. The van der Waals surface area contributed by atoms with Gasteiger partial charge in [0.2, 0.25) is 10.0 Å². The van der Waals surface area contributed by atoms with Crippen molar-refractivity contribution in [2.45, 2.75) is 41.6 Å². The van der Waals surface area contributed by atoms with Gasteiger partial charge < -0.3 is 0 Å². The third kappa shape index (κ3) is 4.76. The van der Waals surface area contributed by atoms with E-state index in [2.05, 4.69) is 25.6 Å². The van der Waals surface area contributed by atoms with Gasteiger partial charge in [0.05, 0.1) is 9.79 Å². The maximum atomic E-state index is 12.5. The lowest BCUT2D eigenvalue weighted by Crippen LogP contribution is -2.41. The van der Waals surface area contributed by atoms with Crippen LogP contribution in [-0.2, 0) is 19.9 Å². The average Bonchev–Trinajstić information content (AvgIpc) is 3.27. The normalized spacial score (nSPS) is 17.4. The topological polar surface area (TPSA) is 83.5 Å². The fourth-order valence-corrected chi connectivity index (χ4v) is 5.04. The van der Waals surface area contributed by atoms with E-state index in [1.54, 1.807) is 0 Å². The van der Waals surface area contributed by atoms with Crippen LogP contribution in [-0.4, -0.2) is 53.7 Å². The second-order valence-corrected chi connectivity index (χ2v) is 10.6. The van der Waals surface area contributed by atoms with E-state index in [9.17, 15) is 16.8 Å². The van der Waals surface area contributed by atoms with Crippen molar-refractivity contribution in [3.63, 3.8) is 0 Å². The van der Waals surface area contributed by atoms with Gasteiger partial charge in [-0.1, -0.05) is 0 Å². The van der Waals surface area contributed by atoms with E-state index in [0.717, 1.165) is 19.1 Å². The summed E-state index contributed by atoms with van der Waals surface area (Å²) in [4.78, 5) is 2.07. The first-order valence-corrected chi connectivity index (χ1v) is 11.4. The van der Waals surface area contributed by atoms with E-state index in [0.29, 0.717) is 10.5 Å². The molecule has 23 heavy (non-hydrogen) atoms. The highest BCUT2D eigenvalue weighted by molar-refractivity contribution is 9.10. The molecule has 0 aromatic heterocycles. The van der Waals surface area contributed by atoms with Crippen molar-refractivity contribution in [1.29, 1.82) is 0 Å². The Morgan fingerprint density at radius 2 is 1.91 bits per heavy atom. The summed E-state index contributed by atoms with van der Waals surface area (Å²) < 4.78 is 51.1. The van der Waals surface area contributed by atoms with Crippen molar-refractivity contribution in [2.75, 3.05) is 19.8 Å². The van der Waals surface area contributed by atoms with E-state index in [4.69, 9.17) is 0 Å². The number of benzene rings is 1. The summed E-state index contributed by atoms with van der Waals surface area (Å²) in [7, 11) is -5.28. The fourth-order valence-electron chi connectivity index (χ4n) is 2.21. The van der Waals surface area contributed by atoms with Gasteiger partial charge >= 0.3 is 0 Å². The molecule has 1 aliphatic rings. The molecule has 1 aliphatic carbocycles. The number of nitrogens with one attached hydrogen (secondary N) is 1. The van der Waals surface area contributed by atoms with Crippen LogP contribution < -0.4 is 4.72 Å². The van der Waals surface area contributed by atoms with Crippen molar-refractivity contribution in [1.82, 2.24) is 9.62 Å². The Hall–Kier alpha value is -0.480. The highest BCUT2D eigenvalue weighted by atomic mass is 79.9. The molecule has 0 saturated heterocycles. The SMILES string of the molecule is CC(CNS(=O)(=O)c1cc(S(C)(=O)=O)ccc1Br)N(C)C1CC1. The lowest BCUT2D eigenvalue weighted by molar-refractivity contribution is 0.248. The van der Waals surface area contributed by atoms with Gasteiger partial charge in [0.15, 0.2) is 9.84 Å². The minimum absolute atomic E-state index is 0.0239. The first-order chi connectivity index (χ1) is 10.5. The van der Waals surface area contributed by atoms with Crippen molar-refractivity contribution >= 4 is 35.8 Å². The lowest BCUT2D eigenvalue weighted by atomic mass is 10.3. The van der Waals surface area contributed by atoms with Crippen molar-refractivity contribution in [3.05, 3.63) is 22.7 Å². The molecule has 1 atom stereocenters. The smallest absolute Gasteiger partial charge is 0.241 e. The molecule has 0 aliphatic heterocycles. The predicted octanol–water partition coefficient (Wildman–Crippen LogP) is 1.61. The Balaban J connectivity index is 2.18. The van der Waals surface area contributed by atoms with Gasteiger partial charge in [0.1, 0.15) is 0 Å². The number of rotatable bonds is 7. The molecule has 0 amide bonds. The Morgan fingerprint density at radius 1 is 1.30 bits per heavy atom. The van der Waals surface area contributed by atoms with E-state index in [1.165, 1.54) is 18.2 Å². The molecule has 1 saturated carbocycles. The highest BCUT2D eigenvalue weighted by Gasteiger charge is 2.30. The molecule has 1 aromatic rings. The largest absolute Gasteiger partial charge is 0.299 e. The average molecular weight is 425 g/mol. The van der Waals surface area contributed by atoms with E-state index in [1.807, 2.05) is 14.0 Å². The zero-order valence-corrected chi connectivity index (χ0v) is 16.5. The van der Waals surface area contributed by atoms with Crippen LogP contribution >= 0.6 is 15.9 Å². The maximum absolute atomic E-state index is 12.5. The van der Waals surface area contributed by atoms with Crippen LogP contribution in [0.3, 0.4) is 0 Å². The minimum Gasteiger partial charge on any atom is -0.299 e. The van der Waals surface area contributed by atoms with Crippen molar-refractivity contribution in [2.24, 2.45) is 0 Å². The zero-order chi connectivity index (χ0) is 17.4. The minimum atomic E-state index is -3.80. The first kappa shape index (κ1) is 18.9. The zero-order valence-electron chi connectivity index (χ0n) is 13.3. The van der Waals surface area contributed by atoms with Crippen LogP contribution in [0.4, 0.5) is 0 Å². The number of hydrogen-bond donors (Lipinski definition) is 1. The maximum Gasteiger partial charge on any atom is 0.241 e. The van der Waals surface area contributed by atoms with Gasteiger partial charge in [-0.2, -0.15) is 0 Å². The predicted molar refractivity (Wildman–Crippen MR) is 92.7 cm³/mol. The third-order valence-electron chi connectivity index (χ3n) is 4.01. The van der Waals surface area contributed by atoms with Crippen molar-refractivity contribution < 1.29 is 16.8 Å². The Kier molecular flexibility index (Phi) is 5.57. The third-order valence-corrected chi connectivity index (χ3v) is 7.53. The summed E-state index contributed by atoms with van der Waals surface area (Å²) in [5.41, 5.74) is 0. The molecule has 130 valence electrons. The van der Waals surface area contributed by atoms with Gasteiger partial charge in [-0.3, -0.25) is 4.90 Å². The van der Waals surface area contributed by atoms with Crippen LogP contribution in [0.5, 0.6) is 0 Å². The fraction of sp³-hybridized carbons (Fsp3) is 0.571. The molecule has 0 heterocycles. The summed E-state index contributed by atoms with van der Waals surface area (Å²) in [6.45, 7) is 2.23. The van der Waals surface area contributed by atoms with Crippen molar-refractivity contribution in [3.8, 4) is 0 Å². The number of sulfone groups is 1. The molecule has 0 bridgehead atoms. The second kappa shape index (κ2) is 6.79. The molecule has 1 unspecified atom stereocenters. The summed E-state index contributed by atoms with van der Waals surface area (Å²) >= 11 is 3.18. The molecule has 1 N–H and O–H groups in total. The van der Waals surface area contributed by atoms with Gasteiger partial charge in [-0.15, -0.1) is 0 Å². The Labute approximate surface area is 146 Å². The summed E-state index contributed by atoms with van der Waals surface area (Å²) in [5.74, 6) is 0. The lowest BCUT2D eigenvalue weighted by Gasteiger charge is -2.24. The van der Waals surface area contributed by atoms with Crippen LogP contribution in [0, 0.1) is 0 Å². The van der Waals surface area contributed by atoms with Gasteiger partial charge in [-0.05, 0) is 60.9 Å². The van der Waals surface area contributed by atoms with Crippen LogP contribution in [0.1, 0.15) is 19.8 Å². The number of sulfonamides is 1. The second-order valence-electron chi connectivity index (χ2n) is 5.96. The van der Waals surface area contributed by atoms with Crippen LogP contribution in [0.15, 0.2) is 32.5 Å². The molecule has 0 spiro atoms. The van der Waals surface area contributed by atoms with E-state index in [-0.39, 0.29) is 22.4 Å². The van der Waals surface area contributed by atoms with Gasteiger partial charge in [0.25, 0.3) is 0 Å². The summed E-state index contributed by atoms with van der Waals surface area (Å²) in [6, 6.07) is 4.59. The molecular formula is C14H21BrN2O4S2. The van der Waals surface area contributed by atoms with Crippen LogP contribution in [0.25, 0.3) is 0 Å². The molecule has 9 heteroatoms. The number of hydrogen-bond acceptors (Lipinski definition) is 5. The highest BCUT2D eigenvalue weighted by Crippen LogP contribution is 2.27. The Morgan fingerprint density at radius 3 is 2.43 bits per heavy atom. The first-order valence-electron chi connectivity index (χ1n) is 7.23. The van der Waals surface area contributed by atoms with Gasteiger partial charge in [0, 0.05) is 29.4 Å². The van der Waals surface area contributed by atoms with Gasteiger partial charge in [-0.25, -0.2) is 21.6 Å². The summed E-state index contributed by atoms with van der Waals surface area (Å²) in [6.07, 6.45) is 3.35. The Bertz CT molecular complexity index is 789. The molecule has 1 aromatic carbocycles. The quantitative estimate of drug-likeness (QED) is 0.718. The van der Waals surface area contributed by atoms with Crippen LogP contribution in [0.2, 0.25) is 0 Å². The standard InChI is InChI=1S/C14H21BrN2O4S2/c1-10(17(2)11-4-5-11)9-16-23(20,21)14-8-12(22(3,18)19)6-7-13(14)15/h6-8,10-11,16H,4-5,9H2,1-3H3.